The number of aryl methyl sites for hydroxylation is 1. The summed E-state index contributed by atoms with van der Waals surface area (Å²) in [5.74, 6) is -3.73. The Morgan fingerprint density at radius 1 is 1.30 bits per heavy atom. The summed E-state index contributed by atoms with van der Waals surface area (Å²) in [6.07, 6.45) is -0.0317. The van der Waals surface area contributed by atoms with Gasteiger partial charge in [0.05, 0.1) is 18.4 Å². The summed E-state index contributed by atoms with van der Waals surface area (Å²) in [6, 6.07) is 7.41. The molecule has 1 atom stereocenters. The molecule has 0 radical (unpaired) electrons. The summed E-state index contributed by atoms with van der Waals surface area (Å²) in [5, 5.41) is 2.63. The Morgan fingerprint density at radius 2 is 2.04 bits per heavy atom. The number of hydrogen-bond donors (Lipinski definition) is 1. The lowest BCUT2D eigenvalue weighted by molar-refractivity contribution is -0.159. The molecule has 3 rings (SSSR count). The van der Waals surface area contributed by atoms with Crippen LogP contribution in [0.2, 0.25) is 0 Å². The summed E-state index contributed by atoms with van der Waals surface area (Å²) < 4.78 is 28.3. The van der Waals surface area contributed by atoms with Crippen molar-refractivity contribution in [2.75, 3.05) is 19.6 Å². The van der Waals surface area contributed by atoms with E-state index in [9.17, 15) is 18.4 Å². The Hall–Kier alpha value is -1.98. The van der Waals surface area contributed by atoms with Crippen LogP contribution >= 0.6 is 0 Å². The Morgan fingerprint density at radius 3 is 2.70 bits per heavy atom. The van der Waals surface area contributed by atoms with Gasteiger partial charge < -0.3 is 10.2 Å². The minimum atomic E-state index is -3.03. The second-order valence-corrected chi connectivity index (χ2v) is 6.67. The smallest absolute Gasteiger partial charge is 0.266 e. The van der Waals surface area contributed by atoms with Crippen molar-refractivity contribution < 1.29 is 18.4 Å². The zero-order valence-corrected chi connectivity index (χ0v) is 13.1. The summed E-state index contributed by atoms with van der Waals surface area (Å²) in [6.45, 7) is 1.76. The quantitative estimate of drug-likeness (QED) is 0.904. The van der Waals surface area contributed by atoms with Crippen LogP contribution in [-0.2, 0) is 16.0 Å². The molecule has 0 bridgehead atoms. The molecule has 2 saturated heterocycles. The van der Waals surface area contributed by atoms with E-state index in [2.05, 4.69) is 5.32 Å². The zero-order valence-electron chi connectivity index (χ0n) is 13.1. The molecule has 2 aliphatic rings. The predicted molar refractivity (Wildman–Crippen MR) is 81.1 cm³/mol. The second-order valence-electron chi connectivity index (χ2n) is 6.67. The first-order valence-electron chi connectivity index (χ1n) is 7.80. The Balaban J connectivity index is 1.80. The van der Waals surface area contributed by atoms with Crippen molar-refractivity contribution in [3.05, 3.63) is 35.4 Å². The maximum atomic E-state index is 14.1. The Kier molecular flexibility index (Phi) is 3.86. The van der Waals surface area contributed by atoms with Crippen LogP contribution in [0.15, 0.2) is 24.3 Å². The fraction of sp³-hybridized carbons (Fsp3) is 0.529. The van der Waals surface area contributed by atoms with E-state index in [1.54, 1.807) is 0 Å². The van der Waals surface area contributed by atoms with Crippen LogP contribution in [0.25, 0.3) is 0 Å². The van der Waals surface area contributed by atoms with Crippen molar-refractivity contribution in [3.8, 4) is 0 Å². The average Bonchev–Trinajstić information content (AvgIpc) is 2.79. The van der Waals surface area contributed by atoms with Crippen LogP contribution in [0.4, 0.5) is 8.78 Å². The van der Waals surface area contributed by atoms with Gasteiger partial charge in [-0.1, -0.05) is 24.3 Å². The van der Waals surface area contributed by atoms with Gasteiger partial charge in [0.2, 0.25) is 11.8 Å². The van der Waals surface area contributed by atoms with E-state index in [0.29, 0.717) is 13.0 Å². The minimum Gasteiger partial charge on any atom is -0.356 e. The lowest BCUT2D eigenvalue weighted by Crippen LogP contribution is -2.57. The lowest BCUT2D eigenvalue weighted by Gasteiger charge is -2.42. The number of amides is 2. The van der Waals surface area contributed by atoms with Gasteiger partial charge in [0.15, 0.2) is 0 Å². The van der Waals surface area contributed by atoms with Crippen LogP contribution in [-0.4, -0.2) is 42.3 Å². The summed E-state index contributed by atoms with van der Waals surface area (Å²) in [4.78, 5) is 25.7. The normalized spacial score (nSPS) is 26.4. The molecule has 0 aromatic heterocycles. The monoisotopic (exact) mass is 322 g/mol. The average molecular weight is 322 g/mol. The van der Waals surface area contributed by atoms with Crippen LogP contribution in [0.3, 0.4) is 0 Å². The van der Waals surface area contributed by atoms with Gasteiger partial charge in [-0.15, -0.1) is 0 Å². The molecule has 23 heavy (non-hydrogen) atoms. The lowest BCUT2D eigenvalue weighted by atomic mass is 9.77. The van der Waals surface area contributed by atoms with E-state index in [4.69, 9.17) is 0 Å². The SMILES string of the molecule is Cc1ccccc1CC(=O)N1CC(F)(F)C[C@]2(CCNC2=O)C1. The number of likely N-dealkylation sites (tertiary alicyclic amines) is 1. The van der Waals surface area contributed by atoms with Crippen molar-refractivity contribution in [1.82, 2.24) is 10.2 Å². The molecule has 1 aromatic rings. The van der Waals surface area contributed by atoms with Crippen molar-refractivity contribution in [3.63, 3.8) is 0 Å². The van der Waals surface area contributed by atoms with E-state index >= 15 is 0 Å². The van der Waals surface area contributed by atoms with Gasteiger partial charge in [-0.25, -0.2) is 8.78 Å². The first kappa shape index (κ1) is 15.9. The second kappa shape index (κ2) is 5.58. The third-order valence-corrected chi connectivity index (χ3v) is 4.84. The summed E-state index contributed by atoms with van der Waals surface area (Å²) >= 11 is 0. The number of nitrogens with one attached hydrogen (secondary N) is 1. The van der Waals surface area contributed by atoms with Gasteiger partial charge in [0.1, 0.15) is 0 Å². The highest BCUT2D eigenvalue weighted by molar-refractivity contribution is 5.87. The number of piperidine rings is 1. The predicted octanol–water partition coefficient (Wildman–Crippen LogP) is 1.91. The van der Waals surface area contributed by atoms with Crippen molar-refractivity contribution >= 4 is 11.8 Å². The molecule has 2 aliphatic heterocycles. The van der Waals surface area contributed by atoms with Gasteiger partial charge in [-0.3, -0.25) is 9.59 Å². The van der Waals surface area contributed by atoms with Crippen LogP contribution in [0.1, 0.15) is 24.0 Å². The molecule has 0 saturated carbocycles. The van der Waals surface area contributed by atoms with Gasteiger partial charge >= 0.3 is 0 Å². The van der Waals surface area contributed by atoms with Gasteiger partial charge in [-0.05, 0) is 24.5 Å². The van der Waals surface area contributed by atoms with E-state index in [0.717, 1.165) is 11.1 Å². The third kappa shape index (κ3) is 3.07. The van der Waals surface area contributed by atoms with Crippen LogP contribution in [0, 0.1) is 12.3 Å². The molecule has 4 nitrogen and oxygen atoms in total. The van der Waals surface area contributed by atoms with Gasteiger partial charge in [-0.2, -0.15) is 0 Å². The molecule has 1 spiro atoms. The highest BCUT2D eigenvalue weighted by Gasteiger charge is 2.55. The first-order valence-corrected chi connectivity index (χ1v) is 7.80. The largest absolute Gasteiger partial charge is 0.356 e. The third-order valence-electron chi connectivity index (χ3n) is 4.84. The molecular weight excluding hydrogens is 302 g/mol. The Labute approximate surface area is 133 Å². The number of alkyl halides is 2. The van der Waals surface area contributed by atoms with E-state index in [1.165, 1.54) is 4.90 Å². The molecule has 0 aliphatic carbocycles. The minimum absolute atomic E-state index is 0.0825. The summed E-state index contributed by atoms with van der Waals surface area (Å²) in [5.41, 5.74) is 0.651. The highest BCUT2D eigenvalue weighted by atomic mass is 19.3. The summed E-state index contributed by atoms with van der Waals surface area (Å²) in [7, 11) is 0. The number of halogens is 2. The van der Waals surface area contributed by atoms with E-state index in [-0.39, 0.29) is 24.8 Å². The molecule has 2 heterocycles. The number of nitrogens with zero attached hydrogens (tertiary/aromatic N) is 1. The van der Waals surface area contributed by atoms with Gasteiger partial charge in [0, 0.05) is 19.5 Å². The molecule has 124 valence electrons. The van der Waals surface area contributed by atoms with Gasteiger partial charge in [0.25, 0.3) is 5.92 Å². The standard InChI is InChI=1S/C17H20F2N2O2/c1-12-4-2-3-5-13(12)8-14(22)21-10-16(6-7-20-15(16)23)9-17(18,19)11-21/h2-5H,6-11H2,1H3,(H,20,23)/t16-/m1/s1. The number of benzene rings is 1. The van der Waals surface area contributed by atoms with Crippen LogP contribution < -0.4 is 5.32 Å². The van der Waals surface area contributed by atoms with Crippen molar-refractivity contribution in [2.45, 2.75) is 32.1 Å². The fourth-order valence-electron chi connectivity index (χ4n) is 3.60. The molecule has 6 heteroatoms. The number of hydrogen-bond acceptors (Lipinski definition) is 2. The number of rotatable bonds is 2. The maximum absolute atomic E-state index is 14.1. The van der Waals surface area contributed by atoms with E-state index < -0.39 is 24.3 Å². The molecule has 0 unspecified atom stereocenters. The van der Waals surface area contributed by atoms with Crippen LogP contribution in [0.5, 0.6) is 0 Å². The molecule has 1 N–H and O–H groups in total. The molecule has 2 amide bonds. The zero-order chi connectivity index (χ0) is 16.7. The molecule has 2 fully saturated rings. The number of carbonyl (C=O) groups is 2. The maximum Gasteiger partial charge on any atom is 0.266 e. The fourth-order valence-corrected chi connectivity index (χ4v) is 3.60. The number of carbonyl (C=O) groups excluding carboxylic acids is 2. The topological polar surface area (TPSA) is 49.4 Å². The first-order chi connectivity index (χ1) is 10.8. The highest BCUT2D eigenvalue weighted by Crippen LogP contribution is 2.43. The molecule has 1 aromatic carbocycles. The van der Waals surface area contributed by atoms with Crippen molar-refractivity contribution in [2.24, 2.45) is 5.41 Å². The Bertz CT molecular complexity index is 647. The van der Waals surface area contributed by atoms with E-state index in [1.807, 2.05) is 31.2 Å². The van der Waals surface area contributed by atoms with Crippen molar-refractivity contribution in [1.29, 1.82) is 0 Å². The molecular formula is C17H20F2N2O2.